The topological polar surface area (TPSA) is 41.1 Å². The minimum Gasteiger partial charge on any atom is -0.359 e. The van der Waals surface area contributed by atoms with E-state index in [0.717, 1.165) is 12.8 Å². The lowest BCUT2D eigenvalue weighted by molar-refractivity contribution is -0.128. The highest BCUT2D eigenvalue weighted by molar-refractivity contribution is 5.79. The zero-order chi connectivity index (χ0) is 9.90. The number of carbonyl (C=O) groups is 1. The van der Waals surface area contributed by atoms with Crippen LogP contribution in [0.4, 0.5) is 0 Å². The number of rotatable bonds is 2. The van der Waals surface area contributed by atoms with Crippen LogP contribution in [0.25, 0.3) is 0 Å². The van der Waals surface area contributed by atoms with Gasteiger partial charge in [0.2, 0.25) is 5.91 Å². The van der Waals surface area contributed by atoms with E-state index in [-0.39, 0.29) is 17.4 Å². The van der Waals surface area contributed by atoms with Gasteiger partial charge in [-0.3, -0.25) is 4.79 Å². The van der Waals surface area contributed by atoms with Crippen molar-refractivity contribution in [3.05, 3.63) is 0 Å². The van der Waals surface area contributed by atoms with E-state index >= 15 is 0 Å². The molecule has 0 saturated heterocycles. The van der Waals surface area contributed by atoms with Gasteiger partial charge in [0.05, 0.1) is 5.92 Å². The summed E-state index contributed by atoms with van der Waals surface area (Å²) in [4.78, 5) is 11.6. The van der Waals surface area contributed by atoms with Crippen molar-refractivity contribution in [1.29, 1.82) is 0 Å². The Morgan fingerprint density at radius 1 is 1.38 bits per heavy atom. The average molecular weight is 184 g/mol. The average Bonchev–Trinajstić information content (AvgIpc) is 2.17. The molecule has 1 rings (SSSR count). The zero-order valence-electron chi connectivity index (χ0n) is 8.81. The van der Waals surface area contributed by atoms with E-state index in [2.05, 4.69) is 17.6 Å². The second-order valence-electron chi connectivity index (χ2n) is 4.08. The number of amides is 1. The van der Waals surface area contributed by atoms with Crippen LogP contribution in [0.1, 0.15) is 32.6 Å². The quantitative estimate of drug-likeness (QED) is 0.669. The molecular formula is C10H20N2O. The molecule has 1 aliphatic rings. The van der Waals surface area contributed by atoms with Crippen molar-refractivity contribution in [1.82, 2.24) is 10.6 Å². The minimum atomic E-state index is -0.00164. The molecule has 0 bridgehead atoms. The summed E-state index contributed by atoms with van der Waals surface area (Å²) in [5, 5.41) is 6.03. The summed E-state index contributed by atoms with van der Waals surface area (Å²) in [6.45, 7) is 2.14. The Hall–Kier alpha value is -0.570. The second kappa shape index (κ2) is 4.09. The molecule has 0 radical (unpaired) electrons. The van der Waals surface area contributed by atoms with Gasteiger partial charge in [-0.15, -0.1) is 0 Å². The van der Waals surface area contributed by atoms with Gasteiger partial charge in [0.25, 0.3) is 0 Å². The fraction of sp³-hybridized carbons (Fsp3) is 0.900. The lowest BCUT2D eigenvalue weighted by Gasteiger charge is -2.40. The van der Waals surface area contributed by atoms with Crippen LogP contribution in [0, 0.1) is 5.92 Å². The van der Waals surface area contributed by atoms with Crippen molar-refractivity contribution in [2.75, 3.05) is 14.1 Å². The van der Waals surface area contributed by atoms with Crippen LogP contribution in [0.2, 0.25) is 0 Å². The molecule has 0 heterocycles. The van der Waals surface area contributed by atoms with Gasteiger partial charge in [-0.05, 0) is 26.8 Å². The fourth-order valence-corrected chi connectivity index (χ4v) is 2.23. The Balaban J connectivity index is 2.72. The van der Waals surface area contributed by atoms with Gasteiger partial charge in [0.1, 0.15) is 0 Å². The molecule has 2 unspecified atom stereocenters. The van der Waals surface area contributed by atoms with Crippen LogP contribution >= 0.6 is 0 Å². The Morgan fingerprint density at radius 2 is 2.08 bits per heavy atom. The highest BCUT2D eigenvalue weighted by Gasteiger charge is 2.39. The van der Waals surface area contributed by atoms with Gasteiger partial charge in [-0.2, -0.15) is 0 Å². The Morgan fingerprint density at radius 3 is 2.62 bits per heavy atom. The molecule has 3 heteroatoms. The minimum absolute atomic E-state index is 0.00164. The molecule has 3 nitrogen and oxygen atoms in total. The molecule has 0 spiro atoms. The molecule has 0 aromatic rings. The third-order valence-electron chi connectivity index (χ3n) is 3.34. The third kappa shape index (κ3) is 2.02. The summed E-state index contributed by atoms with van der Waals surface area (Å²) in [7, 11) is 3.66. The molecule has 76 valence electrons. The van der Waals surface area contributed by atoms with E-state index in [1.54, 1.807) is 7.05 Å². The van der Waals surface area contributed by atoms with Gasteiger partial charge >= 0.3 is 0 Å². The number of nitrogens with one attached hydrogen (secondary N) is 2. The first-order valence-corrected chi connectivity index (χ1v) is 5.04. The van der Waals surface area contributed by atoms with Crippen LogP contribution in [0.15, 0.2) is 0 Å². The van der Waals surface area contributed by atoms with Crippen molar-refractivity contribution in [2.24, 2.45) is 5.92 Å². The summed E-state index contributed by atoms with van der Waals surface area (Å²) in [6, 6.07) is 0. The predicted molar refractivity (Wildman–Crippen MR) is 53.5 cm³/mol. The van der Waals surface area contributed by atoms with Gasteiger partial charge in [0.15, 0.2) is 0 Å². The molecule has 1 amide bonds. The molecule has 1 fully saturated rings. The standard InChI is InChI=1S/C10H20N2O/c1-10(12-3)7-5-4-6-8(10)9(13)11-2/h8,12H,4-7H2,1-3H3,(H,11,13). The zero-order valence-corrected chi connectivity index (χ0v) is 8.81. The van der Waals surface area contributed by atoms with Crippen LogP contribution in [0.5, 0.6) is 0 Å². The molecule has 2 N–H and O–H groups in total. The fourth-order valence-electron chi connectivity index (χ4n) is 2.23. The first kappa shape index (κ1) is 10.5. The lowest BCUT2D eigenvalue weighted by atomic mass is 9.73. The van der Waals surface area contributed by atoms with Crippen molar-refractivity contribution in [3.8, 4) is 0 Å². The molecule has 1 saturated carbocycles. The lowest BCUT2D eigenvalue weighted by Crippen LogP contribution is -2.54. The maximum Gasteiger partial charge on any atom is 0.224 e. The Labute approximate surface area is 80.3 Å². The van der Waals surface area contributed by atoms with Crippen molar-refractivity contribution in [3.63, 3.8) is 0 Å². The van der Waals surface area contributed by atoms with Crippen molar-refractivity contribution in [2.45, 2.75) is 38.1 Å². The van der Waals surface area contributed by atoms with Gasteiger partial charge < -0.3 is 10.6 Å². The summed E-state index contributed by atoms with van der Waals surface area (Å²) in [5.74, 6) is 0.313. The number of carbonyl (C=O) groups excluding carboxylic acids is 1. The van der Waals surface area contributed by atoms with E-state index in [0.29, 0.717) is 0 Å². The second-order valence-corrected chi connectivity index (χ2v) is 4.08. The molecule has 13 heavy (non-hydrogen) atoms. The molecule has 0 aromatic heterocycles. The molecule has 0 aromatic carbocycles. The molecular weight excluding hydrogens is 164 g/mol. The van der Waals surface area contributed by atoms with Gasteiger partial charge in [0, 0.05) is 12.6 Å². The normalized spacial score (nSPS) is 34.2. The van der Waals surface area contributed by atoms with E-state index in [1.807, 2.05) is 7.05 Å². The SMILES string of the molecule is CNC(=O)C1CCCCC1(C)NC. The molecule has 0 aliphatic heterocycles. The Bertz CT molecular complexity index is 193. The molecule has 2 atom stereocenters. The third-order valence-corrected chi connectivity index (χ3v) is 3.34. The first-order chi connectivity index (χ1) is 6.14. The van der Waals surface area contributed by atoms with E-state index in [9.17, 15) is 4.79 Å². The van der Waals surface area contributed by atoms with Crippen molar-refractivity contribution >= 4 is 5.91 Å². The molecule has 1 aliphatic carbocycles. The van der Waals surface area contributed by atoms with E-state index < -0.39 is 0 Å². The number of hydrogen-bond donors (Lipinski definition) is 2. The maximum atomic E-state index is 11.6. The summed E-state index contributed by atoms with van der Waals surface area (Å²) < 4.78 is 0. The monoisotopic (exact) mass is 184 g/mol. The maximum absolute atomic E-state index is 11.6. The first-order valence-electron chi connectivity index (χ1n) is 5.04. The van der Waals surface area contributed by atoms with E-state index in [4.69, 9.17) is 0 Å². The number of hydrogen-bond acceptors (Lipinski definition) is 2. The van der Waals surface area contributed by atoms with Crippen molar-refractivity contribution < 1.29 is 4.79 Å². The van der Waals surface area contributed by atoms with Crippen LogP contribution in [-0.4, -0.2) is 25.5 Å². The van der Waals surface area contributed by atoms with Gasteiger partial charge in [-0.25, -0.2) is 0 Å². The smallest absolute Gasteiger partial charge is 0.224 e. The van der Waals surface area contributed by atoms with Crippen LogP contribution in [0.3, 0.4) is 0 Å². The van der Waals surface area contributed by atoms with Gasteiger partial charge in [-0.1, -0.05) is 12.8 Å². The van der Waals surface area contributed by atoms with Crippen LogP contribution in [-0.2, 0) is 4.79 Å². The summed E-state index contributed by atoms with van der Waals surface area (Å²) in [5.41, 5.74) is -0.00164. The Kier molecular flexibility index (Phi) is 3.31. The highest BCUT2D eigenvalue weighted by Crippen LogP contribution is 2.33. The largest absolute Gasteiger partial charge is 0.359 e. The predicted octanol–water partition coefficient (Wildman–Crippen LogP) is 0.901. The van der Waals surface area contributed by atoms with E-state index in [1.165, 1.54) is 12.8 Å². The highest BCUT2D eigenvalue weighted by atomic mass is 16.1. The summed E-state index contributed by atoms with van der Waals surface area (Å²) in [6.07, 6.45) is 4.51. The summed E-state index contributed by atoms with van der Waals surface area (Å²) >= 11 is 0. The van der Waals surface area contributed by atoms with Crippen LogP contribution < -0.4 is 10.6 Å².